The SMILES string of the molecule is Cl.Cl.NC[C@H]1CCC[C@H]1C(=O)NCc1nccn1C(F)F. The highest BCUT2D eigenvalue weighted by Gasteiger charge is 2.31. The Balaban J connectivity index is 0.00000200. The summed E-state index contributed by atoms with van der Waals surface area (Å²) in [4.78, 5) is 15.8. The highest BCUT2D eigenvalue weighted by Crippen LogP contribution is 2.31. The van der Waals surface area contributed by atoms with Crippen LogP contribution in [0.15, 0.2) is 12.4 Å². The summed E-state index contributed by atoms with van der Waals surface area (Å²) < 4.78 is 25.9. The lowest BCUT2D eigenvalue weighted by Crippen LogP contribution is -2.35. The highest BCUT2D eigenvalue weighted by molar-refractivity contribution is 5.85. The average molecular weight is 345 g/mol. The van der Waals surface area contributed by atoms with Crippen LogP contribution in [-0.4, -0.2) is 22.0 Å². The lowest BCUT2D eigenvalue weighted by molar-refractivity contribution is -0.126. The van der Waals surface area contributed by atoms with E-state index in [-0.39, 0.29) is 54.9 Å². The Morgan fingerprint density at radius 2 is 2.19 bits per heavy atom. The number of nitrogens with one attached hydrogen (secondary N) is 1. The molecule has 2 atom stereocenters. The first-order chi connectivity index (χ1) is 9.13. The number of hydrogen-bond acceptors (Lipinski definition) is 3. The fourth-order valence-electron chi connectivity index (χ4n) is 2.62. The van der Waals surface area contributed by atoms with E-state index >= 15 is 0 Å². The van der Waals surface area contributed by atoms with Gasteiger partial charge in [0.25, 0.3) is 0 Å². The van der Waals surface area contributed by atoms with Gasteiger partial charge in [-0.2, -0.15) is 8.78 Å². The van der Waals surface area contributed by atoms with Crippen LogP contribution >= 0.6 is 24.8 Å². The summed E-state index contributed by atoms with van der Waals surface area (Å²) in [6.07, 6.45) is 5.26. The minimum atomic E-state index is -2.64. The maximum Gasteiger partial charge on any atom is 0.319 e. The number of imidazole rings is 1. The second-order valence-electron chi connectivity index (χ2n) is 4.78. The van der Waals surface area contributed by atoms with Crippen molar-refractivity contribution in [2.75, 3.05) is 6.54 Å². The van der Waals surface area contributed by atoms with Crippen molar-refractivity contribution >= 4 is 30.7 Å². The number of alkyl halides is 2. The average Bonchev–Trinajstić information content (AvgIpc) is 3.04. The molecular formula is C12H20Cl2F2N4O. The third-order valence-electron chi connectivity index (χ3n) is 3.68. The second kappa shape index (κ2) is 9.17. The number of aromatic nitrogens is 2. The molecule has 1 heterocycles. The minimum Gasteiger partial charge on any atom is -0.349 e. The van der Waals surface area contributed by atoms with Gasteiger partial charge in [0.15, 0.2) is 0 Å². The van der Waals surface area contributed by atoms with Crippen LogP contribution < -0.4 is 11.1 Å². The Labute approximate surface area is 134 Å². The van der Waals surface area contributed by atoms with Gasteiger partial charge in [0.2, 0.25) is 5.91 Å². The molecule has 2 rings (SSSR count). The molecule has 1 saturated carbocycles. The number of hydrogen-bond donors (Lipinski definition) is 2. The smallest absolute Gasteiger partial charge is 0.319 e. The van der Waals surface area contributed by atoms with E-state index in [1.807, 2.05) is 0 Å². The third kappa shape index (κ3) is 4.79. The molecule has 1 amide bonds. The van der Waals surface area contributed by atoms with Crippen molar-refractivity contribution < 1.29 is 13.6 Å². The normalized spacial score (nSPS) is 20.8. The molecule has 1 aromatic heterocycles. The van der Waals surface area contributed by atoms with Crippen molar-refractivity contribution in [3.8, 4) is 0 Å². The fraction of sp³-hybridized carbons (Fsp3) is 0.667. The maximum absolute atomic E-state index is 12.6. The standard InChI is InChI=1S/C12H18F2N4O.2ClH/c13-12(14)18-5-4-16-10(18)7-17-11(19)9-3-1-2-8(9)6-15;;/h4-5,8-9,12H,1-3,6-7,15H2,(H,17,19);2*1H/t8-,9-;;/m1../s1. The van der Waals surface area contributed by atoms with Gasteiger partial charge in [0.05, 0.1) is 6.54 Å². The van der Waals surface area contributed by atoms with Crippen LogP contribution in [0, 0.1) is 11.8 Å². The molecule has 0 aromatic carbocycles. The largest absolute Gasteiger partial charge is 0.349 e. The first-order valence-electron chi connectivity index (χ1n) is 6.41. The Bertz CT molecular complexity index is 445. The zero-order valence-electron chi connectivity index (χ0n) is 11.4. The Kier molecular flexibility index (Phi) is 8.77. The van der Waals surface area contributed by atoms with Crippen molar-refractivity contribution in [2.24, 2.45) is 17.6 Å². The third-order valence-corrected chi connectivity index (χ3v) is 3.68. The van der Waals surface area contributed by atoms with Gasteiger partial charge in [0.1, 0.15) is 5.82 Å². The van der Waals surface area contributed by atoms with Crippen LogP contribution in [0.4, 0.5) is 8.78 Å². The van der Waals surface area contributed by atoms with E-state index < -0.39 is 6.55 Å². The molecule has 0 saturated heterocycles. The minimum absolute atomic E-state index is 0. The molecule has 0 bridgehead atoms. The molecule has 0 spiro atoms. The molecule has 0 aliphatic heterocycles. The molecule has 1 aromatic rings. The van der Waals surface area contributed by atoms with E-state index in [2.05, 4.69) is 10.3 Å². The van der Waals surface area contributed by atoms with Crippen LogP contribution in [0.2, 0.25) is 0 Å². The molecule has 21 heavy (non-hydrogen) atoms. The summed E-state index contributed by atoms with van der Waals surface area (Å²) in [6.45, 7) is -2.13. The van der Waals surface area contributed by atoms with E-state index in [1.54, 1.807) is 0 Å². The summed E-state index contributed by atoms with van der Waals surface area (Å²) in [7, 11) is 0. The van der Waals surface area contributed by atoms with Gasteiger partial charge in [-0.05, 0) is 25.3 Å². The van der Waals surface area contributed by atoms with E-state index in [0.29, 0.717) is 6.54 Å². The van der Waals surface area contributed by atoms with Gasteiger partial charge >= 0.3 is 6.55 Å². The van der Waals surface area contributed by atoms with E-state index in [9.17, 15) is 13.6 Å². The van der Waals surface area contributed by atoms with E-state index in [0.717, 1.165) is 23.8 Å². The molecule has 3 N–H and O–H groups in total. The quantitative estimate of drug-likeness (QED) is 0.859. The van der Waals surface area contributed by atoms with Crippen LogP contribution in [0.25, 0.3) is 0 Å². The summed E-state index contributed by atoms with van der Waals surface area (Å²) in [6, 6.07) is 0. The topological polar surface area (TPSA) is 72.9 Å². The Morgan fingerprint density at radius 3 is 2.81 bits per heavy atom. The summed E-state index contributed by atoms with van der Waals surface area (Å²) in [5, 5.41) is 2.68. The number of nitrogens with two attached hydrogens (primary N) is 1. The van der Waals surface area contributed by atoms with Crippen molar-refractivity contribution in [3.63, 3.8) is 0 Å². The monoisotopic (exact) mass is 344 g/mol. The van der Waals surface area contributed by atoms with E-state index in [4.69, 9.17) is 5.73 Å². The molecule has 9 heteroatoms. The molecule has 0 radical (unpaired) electrons. The van der Waals surface area contributed by atoms with Crippen molar-refractivity contribution in [1.82, 2.24) is 14.9 Å². The van der Waals surface area contributed by atoms with Gasteiger partial charge in [0, 0.05) is 18.3 Å². The Morgan fingerprint density at radius 1 is 1.48 bits per heavy atom. The maximum atomic E-state index is 12.6. The molecule has 1 fully saturated rings. The number of amides is 1. The first-order valence-corrected chi connectivity index (χ1v) is 6.41. The predicted molar refractivity (Wildman–Crippen MR) is 79.7 cm³/mol. The van der Waals surface area contributed by atoms with Gasteiger partial charge in [-0.25, -0.2) is 4.98 Å². The fourth-order valence-corrected chi connectivity index (χ4v) is 2.62. The van der Waals surface area contributed by atoms with Crippen LogP contribution in [-0.2, 0) is 11.3 Å². The molecule has 122 valence electrons. The molecule has 1 aliphatic rings. The van der Waals surface area contributed by atoms with E-state index in [1.165, 1.54) is 12.4 Å². The van der Waals surface area contributed by atoms with Crippen LogP contribution in [0.1, 0.15) is 31.6 Å². The number of nitrogens with zero attached hydrogens (tertiary/aromatic N) is 2. The number of rotatable bonds is 5. The second-order valence-corrected chi connectivity index (χ2v) is 4.78. The number of halogens is 4. The van der Waals surface area contributed by atoms with Gasteiger partial charge in [-0.15, -0.1) is 24.8 Å². The molecular weight excluding hydrogens is 325 g/mol. The van der Waals surface area contributed by atoms with Crippen LogP contribution in [0.5, 0.6) is 0 Å². The van der Waals surface area contributed by atoms with Crippen LogP contribution in [0.3, 0.4) is 0 Å². The molecule has 1 aliphatic carbocycles. The van der Waals surface area contributed by atoms with Gasteiger partial charge < -0.3 is 11.1 Å². The molecule has 5 nitrogen and oxygen atoms in total. The summed E-state index contributed by atoms with van der Waals surface area (Å²) >= 11 is 0. The number of carbonyl (C=O) groups is 1. The highest BCUT2D eigenvalue weighted by atomic mass is 35.5. The zero-order chi connectivity index (χ0) is 13.8. The van der Waals surface area contributed by atoms with Crippen molar-refractivity contribution in [3.05, 3.63) is 18.2 Å². The lowest BCUT2D eigenvalue weighted by atomic mass is 9.95. The zero-order valence-corrected chi connectivity index (χ0v) is 13.0. The van der Waals surface area contributed by atoms with Gasteiger partial charge in [-0.3, -0.25) is 9.36 Å². The van der Waals surface area contributed by atoms with Crippen molar-refractivity contribution in [2.45, 2.75) is 32.4 Å². The summed E-state index contributed by atoms with van der Waals surface area (Å²) in [5.74, 6) is 0.150. The summed E-state index contributed by atoms with van der Waals surface area (Å²) in [5.41, 5.74) is 5.62. The Hall–Kier alpha value is -0.920. The lowest BCUT2D eigenvalue weighted by Gasteiger charge is -2.17. The number of carbonyl (C=O) groups excluding carboxylic acids is 1. The first kappa shape index (κ1) is 20.1. The van der Waals surface area contributed by atoms with Crippen molar-refractivity contribution in [1.29, 1.82) is 0 Å². The predicted octanol–water partition coefficient (Wildman–Crippen LogP) is 2.11. The van der Waals surface area contributed by atoms with Gasteiger partial charge in [-0.1, -0.05) is 6.42 Å². The molecule has 0 unspecified atom stereocenters.